The first-order valence-electron chi connectivity index (χ1n) is 8.76. The zero-order chi connectivity index (χ0) is 19.3. The van der Waals surface area contributed by atoms with Crippen LogP contribution in [-0.2, 0) is 6.54 Å². The predicted octanol–water partition coefficient (Wildman–Crippen LogP) is 4.12. The van der Waals surface area contributed by atoms with Crippen LogP contribution in [0.15, 0.2) is 82.0 Å². The molecular weight excluding hydrogens is 354 g/mol. The van der Waals surface area contributed by atoms with Crippen molar-refractivity contribution in [2.45, 2.75) is 6.54 Å². The van der Waals surface area contributed by atoms with E-state index in [1.165, 1.54) is 6.07 Å². The van der Waals surface area contributed by atoms with Gasteiger partial charge in [0.05, 0.1) is 5.69 Å². The van der Waals surface area contributed by atoms with E-state index in [0.29, 0.717) is 24.3 Å². The third-order valence-corrected chi connectivity index (χ3v) is 4.33. The van der Waals surface area contributed by atoms with Crippen molar-refractivity contribution in [1.82, 2.24) is 10.2 Å². The number of aldehydes is 1. The molecule has 4 rings (SSSR count). The number of aromatic amines is 1. The number of H-pyrrole nitrogens is 1. The van der Waals surface area contributed by atoms with Crippen molar-refractivity contribution >= 4 is 12.0 Å². The van der Waals surface area contributed by atoms with Crippen molar-refractivity contribution in [2.24, 2.45) is 0 Å². The van der Waals surface area contributed by atoms with Crippen LogP contribution in [0.4, 0.5) is 5.69 Å². The van der Waals surface area contributed by atoms with Crippen LogP contribution in [0.1, 0.15) is 16.1 Å². The number of hydrogen-bond acceptors (Lipinski definition) is 5. The Balaban J connectivity index is 1.72. The summed E-state index contributed by atoms with van der Waals surface area (Å²) in [6.07, 6.45) is 0.675. The molecule has 6 heteroatoms. The number of nitrogens with zero attached hydrogens (tertiary/aromatic N) is 1. The van der Waals surface area contributed by atoms with Crippen LogP contribution in [0.3, 0.4) is 0 Å². The van der Waals surface area contributed by atoms with Crippen molar-refractivity contribution in [3.8, 4) is 22.6 Å². The largest absolute Gasteiger partial charge is 0.453 e. The van der Waals surface area contributed by atoms with Crippen LogP contribution in [0.2, 0.25) is 0 Å². The van der Waals surface area contributed by atoms with E-state index in [1.54, 1.807) is 18.2 Å². The third-order valence-electron chi connectivity index (χ3n) is 4.33. The minimum absolute atomic E-state index is 0.258. The Labute approximate surface area is 160 Å². The highest BCUT2D eigenvalue weighted by Gasteiger charge is 2.12. The van der Waals surface area contributed by atoms with Gasteiger partial charge in [0, 0.05) is 29.4 Å². The number of rotatable bonds is 6. The summed E-state index contributed by atoms with van der Waals surface area (Å²) in [5, 5.41) is 9.94. The van der Waals surface area contributed by atoms with Gasteiger partial charge in [-0.1, -0.05) is 36.4 Å². The lowest BCUT2D eigenvalue weighted by atomic mass is 10.0. The summed E-state index contributed by atoms with van der Waals surface area (Å²) in [6.45, 7) is 0.644. The number of aromatic nitrogens is 2. The second-order valence-electron chi connectivity index (χ2n) is 6.23. The fourth-order valence-corrected chi connectivity index (χ4v) is 2.92. The van der Waals surface area contributed by atoms with E-state index >= 15 is 0 Å². The lowest BCUT2D eigenvalue weighted by Gasteiger charge is -2.13. The van der Waals surface area contributed by atoms with Gasteiger partial charge in [0.15, 0.2) is 12.0 Å². The number of furan rings is 1. The average molecular weight is 371 g/mol. The maximum absolute atomic E-state index is 11.3. The summed E-state index contributed by atoms with van der Waals surface area (Å²) in [5.41, 5.74) is 4.01. The number of nitrogens with one attached hydrogen (secondary N) is 2. The van der Waals surface area contributed by atoms with E-state index in [2.05, 4.69) is 15.5 Å². The molecule has 2 aromatic carbocycles. The van der Waals surface area contributed by atoms with E-state index in [0.717, 1.165) is 22.4 Å². The predicted molar refractivity (Wildman–Crippen MR) is 107 cm³/mol. The molecule has 0 aliphatic heterocycles. The molecule has 0 saturated carbocycles. The minimum atomic E-state index is -0.258. The first-order chi connectivity index (χ1) is 13.7. The van der Waals surface area contributed by atoms with E-state index in [-0.39, 0.29) is 11.3 Å². The Kier molecular flexibility index (Phi) is 4.84. The van der Waals surface area contributed by atoms with Gasteiger partial charge in [-0.3, -0.25) is 9.59 Å². The average Bonchev–Trinajstić information content (AvgIpc) is 3.23. The van der Waals surface area contributed by atoms with Gasteiger partial charge in [-0.05, 0) is 35.9 Å². The highest BCUT2D eigenvalue weighted by molar-refractivity contribution is 5.81. The van der Waals surface area contributed by atoms with Crippen molar-refractivity contribution in [3.05, 3.63) is 94.5 Å². The quantitative estimate of drug-likeness (QED) is 0.498. The Morgan fingerprint density at radius 1 is 1.00 bits per heavy atom. The van der Waals surface area contributed by atoms with E-state index in [9.17, 15) is 9.59 Å². The van der Waals surface area contributed by atoms with E-state index in [4.69, 9.17) is 4.42 Å². The second-order valence-corrected chi connectivity index (χ2v) is 6.23. The maximum atomic E-state index is 11.3. The summed E-state index contributed by atoms with van der Waals surface area (Å²) in [7, 11) is 0. The molecule has 2 N–H and O–H groups in total. The molecule has 0 spiro atoms. The van der Waals surface area contributed by atoms with Crippen molar-refractivity contribution < 1.29 is 9.21 Å². The molecule has 0 aliphatic carbocycles. The van der Waals surface area contributed by atoms with Gasteiger partial charge in [0.25, 0.3) is 5.56 Å². The van der Waals surface area contributed by atoms with E-state index in [1.807, 2.05) is 48.5 Å². The first-order valence-corrected chi connectivity index (χ1v) is 8.76. The summed E-state index contributed by atoms with van der Waals surface area (Å²) < 4.78 is 5.64. The Morgan fingerprint density at radius 2 is 1.86 bits per heavy atom. The van der Waals surface area contributed by atoms with Crippen LogP contribution in [0, 0.1) is 0 Å². The number of anilines is 1. The fraction of sp³-hybridized carbons (Fsp3) is 0.0455. The Bertz CT molecular complexity index is 1140. The van der Waals surface area contributed by atoms with Gasteiger partial charge in [0.1, 0.15) is 5.76 Å². The summed E-state index contributed by atoms with van der Waals surface area (Å²) in [4.78, 5) is 22.3. The zero-order valence-corrected chi connectivity index (χ0v) is 14.9. The van der Waals surface area contributed by atoms with Gasteiger partial charge in [-0.15, -0.1) is 0 Å². The molecule has 138 valence electrons. The summed E-state index contributed by atoms with van der Waals surface area (Å²) in [6, 6.07) is 22.3. The molecule has 6 nitrogen and oxygen atoms in total. The van der Waals surface area contributed by atoms with Crippen LogP contribution >= 0.6 is 0 Å². The number of carbonyl (C=O) groups is 1. The number of carbonyl (C=O) groups excluding carboxylic acids is 1. The normalized spacial score (nSPS) is 10.6. The fourth-order valence-electron chi connectivity index (χ4n) is 2.92. The molecule has 0 fully saturated rings. The zero-order valence-electron chi connectivity index (χ0n) is 14.9. The SMILES string of the molecule is O=Cc1ccc(-c2cc(-c3ccc(=O)[nH]n3)ccc2NCc2ccccc2)o1. The third kappa shape index (κ3) is 3.76. The van der Waals surface area contributed by atoms with Crippen molar-refractivity contribution in [1.29, 1.82) is 0 Å². The van der Waals surface area contributed by atoms with Gasteiger partial charge in [-0.25, -0.2) is 5.10 Å². The maximum Gasteiger partial charge on any atom is 0.264 e. The highest BCUT2D eigenvalue weighted by atomic mass is 16.3. The molecule has 0 radical (unpaired) electrons. The smallest absolute Gasteiger partial charge is 0.264 e. The van der Waals surface area contributed by atoms with Gasteiger partial charge < -0.3 is 9.73 Å². The molecule has 0 unspecified atom stereocenters. The molecule has 0 amide bonds. The van der Waals surface area contributed by atoms with Crippen LogP contribution < -0.4 is 10.9 Å². The van der Waals surface area contributed by atoms with E-state index < -0.39 is 0 Å². The molecular formula is C22H17N3O3. The molecule has 2 aromatic heterocycles. The Hall–Kier alpha value is -3.93. The number of benzene rings is 2. The van der Waals surface area contributed by atoms with Crippen molar-refractivity contribution in [2.75, 3.05) is 5.32 Å². The van der Waals surface area contributed by atoms with Crippen molar-refractivity contribution in [3.63, 3.8) is 0 Å². The second kappa shape index (κ2) is 7.75. The van der Waals surface area contributed by atoms with Gasteiger partial charge >= 0.3 is 0 Å². The van der Waals surface area contributed by atoms with Crippen LogP contribution in [0.25, 0.3) is 22.6 Å². The monoisotopic (exact) mass is 371 g/mol. The lowest BCUT2D eigenvalue weighted by Crippen LogP contribution is -2.06. The van der Waals surface area contributed by atoms with Crippen LogP contribution in [0.5, 0.6) is 0 Å². The minimum Gasteiger partial charge on any atom is -0.453 e. The van der Waals surface area contributed by atoms with Gasteiger partial charge in [0.2, 0.25) is 0 Å². The molecule has 0 aliphatic rings. The molecule has 28 heavy (non-hydrogen) atoms. The molecule has 0 atom stereocenters. The summed E-state index contributed by atoms with van der Waals surface area (Å²) >= 11 is 0. The summed E-state index contributed by atoms with van der Waals surface area (Å²) in [5.74, 6) is 0.834. The standard InChI is InChI=1S/C22H17N3O3/c26-14-17-7-10-21(28-17)18-12-16(19-9-11-22(27)25-24-19)6-8-20(18)23-13-15-4-2-1-3-5-15/h1-12,14,23H,13H2,(H,25,27). The highest BCUT2D eigenvalue weighted by Crippen LogP contribution is 2.33. The van der Waals surface area contributed by atoms with Crippen LogP contribution in [-0.4, -0.2) is 16.5 Å². The first kappa shape index (κ1) is 17.5. The Morgan fingerprint density at radius 3 is 2.57 bits per heavy atom. The van der Waals surface area contributed by atoms with Gasteiger partial charge in [-0.2, -0.15) is 5.10 Å². The lowest BCUT2D eigenvalue weighted by molar-refractivity contribution is 0.110. The number of hydrogen-bond donors (Lipinski definition) is 2. The molecule has 4 aromatic rings. The molecule has 0 saturated heterocycles. The topological polar surface area (TPSA) is 88.0 Å². The molecule has 2 heterocycles. The molecule has 0 bridgehead atoms.